The monoisotopic (exact) mass is 321 g/mol. The number of aromatic nitrogens is 2. The Balaban J connectivity index is 1.82. The normalized spacial score (nSPS) is 14.8. The smallest absolute Gasteiger partial charge is 0.277 e. The van der Waals surface area contributed by atoms with E-state index in [4.69, 9.17) is 5.14 Å². The standard InChI is InChI=1S/C13H15N5O3S/c1-8-4-2-3-5-9(8)13(19)15-12-10-6-18(22(14,20)21)7-11(10)16-17-12/h2-5H,6-7H2,1H3,(H2,14,20,21)(H2,15,16,17,19). The second kappa shape index (κ2) is 5.20. The molecule has 1 aromatic carbocycles. The quantitative estimate of drug-likeness (QED) is 0.761. The Kier molecular flexibility index (Phi) is 3.47. The molecular weight excluding hydrogens is 306 g/mol. The molecule has 1 aliphatic heterocycles. The second-order valence-corrected chi connectivity index (χ2v) is 6.65. The van der Waals surface area contributed by atoms with E-state index in [-0.39, 0.29) is 19.0 Å². The van der Waals surface area contributed by atoms with Crippen LogP contribution < -0.4 is 10.5 Å². The lowest BCUT2D eigenvalue weighted by molar-refractivity contribution is 0.102. The summed E-state index contributed by atoms with van der Waals surface area (Å²) in [4.78, 5) is 12.3. The van der Waals surface area contributed by atoms with E-state index in [1.54, 1.807) is 12.1 Å². The Hall–Kier alpha value is -2.23. The van der Waals surface area contributed by atoms with Crippen molar-refractivity contribution in [1.82, 2.24) is 14.5 Å². The van der Waals surface area contributed by atoms with Crippen LogP contribution in [-0.4, -0.2) is 28.8 Å². The van der Waals surface area contributed by atoms with Gasteiger partial charge in [0.15, 0.2) is 0 Å². The molecule has 0 fully saturated rings. The zero-order valence-corrected chi connectivity index (χ0v) is 12.6. The number of nitrogens with zero attached hydrogens (tertiary/aromatic N) is 2. The van der Waals surface area contributed by atoms with Crippen LogP contribution in [0.2, 0.25) is 0 Å². The molecule has 2 aromatic rings. The lowest BCUT2D eigenvalue weighted by atomic mass is 10.1. The Bertz CT molecular complexity index is 843. The van der Waals surface area contributed by atoms with Crippen molar-refractivity contribution in [3.8, 4) is 0 Å². The summed E-state index contributed by atoms with van der Waals surface area (Å²) in [6, 6.07) is 7.19. The highest BCUT2D eigenvalue weighted by Gasteiger charge is 2.31. The number of amides is 1. The molecule has 0 radical (unpaired) electrons. The number of carbonyl (C=O) groups excluding carboxylic acids is 1. The number of nitrogens with one attached hydrogen (secondary N) is 2. The number of benzene rings is 1. The first-order chi connectivity index (χ1) is 10.4. The van der Waals surface area contributed by atoms with Gasteiger partial charge in [-0.15, -0.1) is 0 Å². The van der Waals surface area contributed by atoms with E-state index in [1.807, 2.05) is 19.1 Å². The molecule has 1 aromatic heterocycles. The van der Waals surface area contributed by atoms with Gasteiger partial charge >= 0.3 is 0 Å². The molecule has 0 bridgehead atoms. The number of fused-ring (bicyclic) bond motifs is 1. The van der Waals surface area contributed by atoms with Gasteiger partial charge in [0.2, 0.25) is 0 Å². The maximum atomic E-state index is 12.3. The lowest BCUT2D eigenvalue weighted by Crippen LogP contribution is -2.32. The fourth-order valence-electron chi connectivity index (χ4n) is 2.39. The largest absolute Gasteiger partial charge is 0.307 e. The minimum Gasteiger partial charge on any atom is -0.307 e. The molecule has 4 N–H and O–H groups in total. The maximum absolute atomic E-state index is 12.3. The highest BCUT2D eigenvalue weighted by atomic mass is 32.2. The van der Waals surface area contributed by atoms with Crippen molar-refractivity contribution in [2.24, 2.45) is 5.14 Å². The first-order valence-corrected chi connectivity index (χ1v) is 8.07. The van der Waals surface area contributed by atoms with E-state index >= 15 is 0 Å². The fraction of sp³-hybridized carbons (Fsp3) is 0.231. The molecule has 3 rings (SSSR count). The first-order valence-electron chi connectivity index (χ1n) is 6.57. The third-order valence-electron chi connectivity index (χ3n) is 3.60. The average Bonchev–Trinajstić information content (AvgIpc) is 3.01. The number of hydrogen-bond acceptors (Lipinski definition) is 4. The molecule has 1 aliphatic rings. The summed E-state index contributed by atoms with van der Waals surface area (Å²) in [5.41, 5.74) is 2.60. The summed E-state index contributed by atoms with van der Waals surface area (Å²) in [5, 5.41) is 14.6. The highest BCUT2D eigenvalue weighted by Crippen LogP contribution is 2.28. The molecule has 0 atom stereocenters. The van der Waals surface area contributed by atoms with E-state index in [0.29, 0.717) is 22.6 Å². The van der Waals surface area contributed by atoms with Crippen LogP contribution in [0.1, 0.15) is 27.2 Å². The molecular formula is C13H15N5O3S. The number of H-pyrrole nitrogens is 1. The minimum atomic E-state index is -3.78. The Labute approximate surface area is 127 Å². The van der Waals surface area contributed by atoms with Gasteiger partial charge in [-0.3, -0.25) is 9.89 Å². The molecule has 8 nitrogen and oxygen atoms in total. The molecule has 22 heavy (non-hydrogen) atoms. The van der Waals surface area contributed by atoms with Crippen molar-refractivity contribution in [3.63, 3.8) is 0 Å². The fourth-order valence-corrected chi connectivity index (χ4v) is 3.01. The van der Waals surface area contributed by atoms with Crippen LogP contribution in [-0.2, 0) is 23.3 Å². The van der Waals surface area contributed by atoms with E-state index in [1.165, 1.54) is 0 Å². The van der Waals surface area contributed by atoms with Gasteiger partial charge in [0, 0.05) is 17.7 Å². The van der Waals surface area contributed by atoms with Crippen LogP contribution in [0.5, 0.6) is 0 Å². The molecule has 116 valence electrons. The van der Waals surface area contributed by atoms with Gasteiger partial charge in [-0.2, -0.15) is 17.8 Å². The third kappa shape index (κ3) is 2.61. The van der Waals surface area contributed by atoms with Gasteiger partial charge in [-0.1, -0.05) is 18.2 Å². The Morgan fingerprint density at radius 2 is 2.09 bits per heavy atom. The van der Waals surface area contributed by atoms with E-state index in [9.17, 15) is 13.2 Å². The summed E-state index contributed by atoms with van der Waals surface area (Å²) in [7, 11) is -3.78. The number of aromatic amines is 1. The predicted octanol–water partition coefficient (Wildman–Crippen LogP) is 0.490. The molecule has 2 heterocycles. The van der Waals surface area contributed by atoms with Crippen LogP contribution in [0.4, 0.5) is 5.82 Å². The van der Waals surface area contributed by atoms with Crippen LogP contribution in [0.3, 0.4) is 0 Å². The number of hydrogen-bond donors (Lipinski definition) is 3. The van der Waals surface area contributed by atoms with Crippen molar-refractivity contribution in [3.05, 3.63) is 46.6 Å². The van der Waals surface area contributed by atoms with Crippen LogP contribution in [0.15, 0.2) is 24.3 Å². The van der Waals surface area contributed by atoms with Crippen molar-refractivity contribution in [1.29, 1.82) is 0 Å². The Morgan fingerprint density at radius 3 is 2.77 bits per heavy atom. The highest BCUT2D eigenvalue weighted by molar-refractivity contribution is 7.86. The summed E-state index contributed by atoms with van der Waals surface area (Å²) in [6.07, 6.45) is 0. The van der Waals surface area contributed by atoms with Gasteiger partial charge in [-0.05, 0) is 18.6 Å². The van der Waals surface area contributed by atoms with Crippen molar-refractivity contribution in [2.75, 3.05) is 5.32 Å². The topological polar surface area (TPSA) is 121 Å². The van der Waals surface area contributed by atoms with Gasteiger partial charge in [-0.25, -0.2) is 5.14 Å². The average molecular weight is 321 g/mol. The summed E-state index contributed by atoms with van der Waals surface area (Å²) in [6.45, 7) is 2.04. The van der Waals surface area contributed by atoms with Gasteiger partial charge in [0.25, 0.3) is 16.1 Å². The number of carbonyl (C=O) groups is 1. The molecule has 9 heteroatoms. The zero-order valence-electron chi connectivity index (χ0n) is 11.8. The number of aryl methyl sites for hydroxylation is 1. The molecule has 0 spiro atoms. The predicted molar refractivity (Wildman–Crippen MR) is 80.1 cm³/mol. The van der Waals surface area contributed by atoms with Crippen LogP contribution in [0.25, 0.3) is 0 Å². The first kappa shape index (κ1) is 14.7. The van der Waals surface area contributed by atoms with Crippen molar-refractivity contribution in [2.45, 2.75) is 20.0 Å². The summed E-state index contributed by atoms with van der Waals surface area (Å²) >= 11 is 0. The molecule has 0 unspecified atom stereocenters. The van der Waals surface area contributed by atoms with Crippen molar-refractivity contribution < 1.29 is 13.2 Å². The molecule has 0 saturated heterocycles. The zero-order chi connectivity index (χ0) is 15.9. The number of anilines is 1. The minimum absolute atomic E-state index is 0.0913. The Morgan fingerprint density at radius 1 is 1.36 bits per heavy atom. The van der Waals surface area contributed by atoms with Crippen LogP contribution >= 0.6 is 0 Å². The second-order valence-electron chi connectivity index (χ2n) is 5.11. The van der Waals surface area contributed by atoms with E-state index in [2.05, 4.69) is 15.5 Å². The van der Waals surface area contributed by atoms with Crippen LogP contribution in [0, 0.1) is 6.92 Å². The van der Waals surface area contributed by atoms with E-state index < -0.39 is 10.2 Å². The van der Waals surface area contributed by atoms with Gasteiger partial charge in [0.05, 0.1) is 12.2 Å². The van der Waals surface area contributed by atoms with Gasteiger partial charge < -0.3 is 5.32 Å². The van der Waals surface area contributed by atoms with Crippen molar-refractivity contribution >= 4 is 21.9 Å². The number of nitrogens with two attached hydrogens (primary N) is 1. The number of rotatable bonds is 3. The maximum Gasteiger partial charge on any atom is 0.277 e. The van der Waals surface area contributed by atoms with E-state index in [0.717, 1.165) is 9.87 Å². The molecule has 0 saturated carbocycles. The summed E-state index contributed by atoms with van der Waals surface area (Å²) in [5.74, 6) is 0.119. The molecule has 1 amide bonds. The van der Waals surface area contributed by atoms with Gasteiger partial charge in [0.1, 0.15) is 5.82 Å². The molecule has 0 aliphatic carbocycles. The third-order valence-corrected chi connectivity index (χ3v) is 4.58. The lowest BCUT2D eigenvalue weighted by Gasteiger charge is -2.11. The summed E-state index contributed by atoms with van der Waals surface area (Å²) < 4.78 is 23.9. The SMILES string of the molecule is Cc1ccccc1C(=O)Nc1[nH]nc2c1CN(S(N)(=O)=O)C2.